The molecule has 2 aromatic rings. The van der Waals surface area contributed by atoms with Gasteiger partial charge in [-0.15, -0.1) is 0 Å². The quantitative estimate of drug-likeness (QED) is 0.569. The Labute approximate surface area is 152 Å². The van der Waals surface area contributed by atoms with Crippen LogP contribution >= 0.6 is 15.9 Å². The molecule has 2 aromatic carbocycles. The van der Waals surface area contributed by atoms with E-state index in [4.69, 9.17) is 4.74 Å². The molecule has 0 aliphatic carbocycles. The summed E-state index contributed by atoms with van der Waals surface area (Å²) in [5.41, 5.74) is 0.973. The maximum Gasteiger partial charge on any atom is 0.326 e. The molecule has 0 saturated heterocycles. The SMILES string of the molecule is CC(=O)Oc1cccc(C(=O)N[C@@H](Cc2ccccc2Br)C(=O)O)c1. The number of halogens is 1. The Balaban J connectivity index is 2.14. The zero-order valence-corrected chi connectivity index (χ0v) is 14.9. The molecule has 0 aliphatic rings. The number of hydrogen-bond acceptors (Lipinski definition) is 4. The molecule has 2 rings (SSSR count). The summed E-state index contributed by atoms with van der Waals surface area (Å²) in [6.07, 6.45) is 0.131. The van der Waals surface area contributed by atoms with Gasteiger partial charge in [0.1, 0.15) is 11.8 Å². The Morgan fingerprint density at radius 1 is 1.16 bits per heavy atom. The third-order valence-corrected chi connectivity index (χ3v) is 4.12. The second kappa shape index (κ2) is 8.43. The molecule has 0 bridgehead atoms. The van der Waals surface area contributed by atoms with E-state index >= 15 is 0 Å². The highest BCUT2D eigenvalue weighted by atomic mass is 79.9. The summed E-state index contributed by atoms with van der Waals surface area (Å²) in [7, 11) is 0. The average molecular weight is 406 g/mol. The minimum Gasteiger partial charge on any atom is -0.480 e. The van der Waals surface area contributed by atoms with Crippen molar-refractivity contribution in [3.8, 4) is 5.75 Å². The summed E-state index contributed by atoms with van der Waals surface area (Å²) in [5, 5.41) is 11.9. The van der Waals surface area contributed by atoms with E-state index in [2.05, 4.69) is 21.2 Å². The van der Waals surface area contributed by atoms with Crippen molar-refractivity contribution in [2.45, 2.75) is 19.4 Å². The van der Waals surface area contributed by atoms with E-state index in [9.17, 15) is 19.5 Å². The lowest BCUT2D eigenvalue weighted by atomic mass is 10.1. The monoisotopic (exact) mass is 405 g/mol. The number of rotatable bonds is 6. The van der Waals surface area contributed by atoms with Crippen LogP contribution in [0.2, 0.25) is 0 Å². The molecule has 130 valence electrons. The van der Waals surface area contributed by atoms with Crippen LogP contribution in [0.4, 0.5) is 0 Å². The highest BCUT2D eigenvalue weighted by Crippen LogP contribution is 2.18. The van der Waals surface area contributed by atoms with Crippen LogP contribution in [0.15, 0.2) is 53.0 Å². The molecule has 0 fully saturated rings. The first-order valence-corrected chi connectivity index (χ1v) is 8.21. The van der Waals surface area contributed by atoms with Crippen LogP contribution in [0.1, 0.15) is 22.8 Å². The molecule has 0 heterocycles. The fraction of sp³-hybridized carbons (Fsp3) is 0.167. The van der Waals surface area contributed by atoms with Crippen LogP contribution in [0.3, 0.4) is 0 Å². The first-order valence-electron chi connectivity index (χ1n) is 7.42. The van der Waals surface area contributed by atoms with E-state index in [1.165, 1.54) is 25.1 Å². The smallest absolute Gasteiger partial charge is 0.326 e. The van der Waals surface area contributed by atoms with Crippen LogP contribution in [0.5, 0.6) is 5.75 Å². The Hall–Kier alpha value is -2.67. The molecule has 0 saturated carbocycles. The van der Waals surface area contributed by atoms with Gasteiger partial charge in [-0.25, -0.2) is 4.79 Å². The van der Waals surface area contributed by atoms with Crippen molar-refractivity contribution in [1.82, 2.24) is 5.32 Å². The standard InChI is InChI=1S/C18H16BrNO5/c1-11(21)25-14-7-4-6-13(9-14)17(22)20-16(18(23)24)10-12-5-2-3-8-15(12)19/h2-9,16H,10H2,1H3,(H,20,22)(H,23,24)/t16-/m0/s1. The summed E-state index contributed by atoms with van der Waals surface area (Å²) in [5.74, 6) is -1.98. The maximum absolute atomic E-state index is 12.3. The molecular weight excluding hydrogens is 390 g/mol. The van der Waals surface area contributed by atoms with Crippen LogP contribution in [-0.4, -0.2) is 29.0 Å². The van der Waals surface area contributed by atoms with E-state index in [0.717, 1.165) is 10.0 Å². The predicted octanol–water partition coefficient (Wildman–Crippen LogP) is 2.80. The Bertz CT molecular complexity index is 806. The van der Waals surface area contributed by atoms with Gasteiger partial charge in [0, 0.05) is 23.4 Å². The van der Waals surface area contributed by atoms with E-state index in [-0.39, 0.29) is 17.7 Å². The number of carbonyl (C=O) groups is 3. The van der Waals surface area contributed by atoms with Crippen LogP contribution in [0.25, 0.3) is 0 Å². The van der Waals surface area contributed by atoms with E-state index < -0.39 is 23.9 Å². The number of carbonyl (C=O) groups excluding carboxylic acids is 2. The van der Waals surface area contributed by atoms with Crippen molar-refractivity contribution in [2.75, 3.05) is 0 Å². The van der Waals surface area contributed by atoms with Crippen molar-refractivity contribution in [3.05, 3.63) is 64.1 Å². The minimum atomic E-state index is -1.14. The Morgan fingerprint density at radius 2 is 1.88 bits per heavy atom. The number of carboxylic acid groups (broad SMARTS) is 1. The van der Waals surface area contributed by atoms with Gasteiger partial charge in [0.15, 0.2) is 0 Å². The van der Waals surface area contributed by atoms with E-state index in [0.29, 0.717) is 0 Å². The number of amides is 1. The normalized spacial score (nSPS) is 11.4. The van der Waals surface area contributed by atoms with Crippen molar-refractivity contribution in [2.24, 2.45) is 0 Å². The molecule has 2 N–H and O–H groups in total. The van der Waals surface area contributed by atoms with Crippen LogP contribution in [0, 0.1) is 0 Å². The zero-order chi connectivity index (χ0) is 18.4. The Kier molecular flexibility index (Phi) is 6.30. The lowest BCUT2D eigenvalue weighted by molar-refractivity contribution is -0.139. The van der Waals surface area contributed by atoms with Gasteiger partial charge in [0.05, 0.1) is 0 Å². The van der Waals surface area contributed by atoms with Gasteiger partial charge in [-0.3, -0.25) is 9.59 Å². The molecule has 1 amide bonds. The van der Waals surface area contributed by atoms with Gasteiger partial charge in [-0.2, -0.15) is 0 Å². The van der Waals surface area contributed by atoms with Crippen molar-refractivity contribution >= 4 is 33.8 Å². The van der Waals surface area contributed by atoms with E-state index in [1.807, 2.05) is 6.07 Å². The summed E-state index contributed by atoms with van der Waals surface area (Å²) in [4.78, 5) is 34.8. The maximum atomic E-state index is 12.3. The molecule has 6 nitrogen and oxygen atoms in total. The highest BCUT2D eigenvalue weighted by Gasteiger charge is 2.22. The number of ether oxygens (including phenoxy) is 1. The minimum absolute atomic E-state index is 0.131. The van der Waals surface area contributed by atoms with Gasteiger partial charge >= 0.3 is 11.9 Å². The van der Waals surface area contributed by atoms with Crippen molar-refractivity contribution in [1.29, 1.82) is 0 Å². The number of aliphatic carboxylic acids is 1. The molecule has 7 heteroatoms. The summed E-state index contributed by atoms with van der Waals surface area (Å²) < 4.78 is 5.70. The van der Waals surface area contributed by atoms with Gasteiger partial charge in [-0.05, 0) is 29.8 Å². The van der Waals surface area contributed by atoms with Gasteiger partial charge in [0.25, 0.3) is 5.91 Å². The lowest BCUT2D eigenvalue weighted by Crippen LogP contribution is -2.42. The van der Waals surface area contributed by atoms with Crippen molar-refractivity contribution in [3.63, 3.8) is 0 Å². The number of carboxylic acids is 1. The van der Waals surface area contributed by atoms with Gasteiger partial charge in [-0.1, -0.05) is 40.2 Å². The molecule has 0 aliphatic heterocycles. The molecule has 0 unspecified atom stereocenters. The molecule has 0 radical (unpaired) electrons. The molecule has 0 spiro atoms. The fourth-order valence-corrected chi connectivity index (χ4v) is 2.64. The first-order chi connectivity index (χ1) is 11.9. The third kappa shape index (κ3) is 5.42. The second-order valence-corrected chi connectivity index (χ2v) is 6.14. The number of hydrogen-bond donors (Lipinski definition) is 2. The van der Waals surface area contributed by atoms with Crippen LogP contribution < -0.4 is 10.1 Å². The second-order valence-electron chi connectivity index (χ2n) is 5.28. The molecule has 0 aromatic heterocycles. The summed E-state index contributed by atoms with van der Waals surface area (Å²) in [6.45, 7) is 1.25. The summed E-state index contributed by atoms with van der Waals surface area (Å²) in [6, 6.07) is 12.1. The third-order valence-electron chi connectivity index (χ3n) is 3.34. The van der Waals surface area contributed by atoms with Crippen LogP contribution in [-0.2, 0) is 16.0 Å². The van der Waals surface area contributed by atoms with Gasteiger partial charge in [0.2, 0.25) is 0 Å². The molecule has 25 heavy (non-hydrogen) atoms. The molecule has 1 atom stereocenters. The lowest BCUT2D eigenvalue weighted by Gasteiger charge is -2.16. The first kappa shape index (κ1) is 18.7. The predicted molar refractivity (Wildman–Crippen MR) is 94.5 cm³/mol. The summed E-state index contributed by atoms with van der Waals surface area (Å²) >= 11 is 3.36. The van der Waals surface area contributed by atoms with Crippen molar-refractivity contribution < 1.29 is 24.2 Å². The highest BCUT2D eigenvalue weighted by molar-refractivity contribution is 9.10. The fourth-order valence-electron chi connectivity index (χ4n) is 2.19. The number of nitrogens with one attached hydrogen (secondary N) is 1. The van der Waals surface area contributed by atoms with Gasteiger partial charge < -0.3 is 15.2 Å². The zero-order valence-electron chi connectivity index (χ0n) is 13.4. The average Bonchev–Trinajstić information content (AvgIpc) is 2.55. The number of benzene rings is 2. The largest absolute Gasteiger partial charge is 0.480 e. The number of esters is 1. The Morgan fingerprint density at radius 3 is 2.52 bits per heavy atom. The topological polar surface area (TPSA) is 92.7 Å². The van der Waals surface area contributed by atoms with E-state index in [1.54, 1.807) is 24.3 Å². The molecular formula is C18H16BrNO5.